The Kier molecular flexibility index (Phi) is 4.62. The van der Waals surface area contributed by atoms with Crippen molar-refractivity contribution < 1.29 is 14.3 Å². The Morgan fingerprint density at radius 3 is 2.44 bits per heavy atom. The van der Waals surface area contributed by atoms with Crippen LogP contribution in [0.25, 0.3) is 0 Å². The van der Waals surface area contributed by atoms with Crippen molar-refractivity contribution in [1.82, 2.24) is 0 Å². The minimum atomic E-state index is 0.479. The first-order valence-corrected chi connectivity index (χ1v) is 5.37. The third-order valence-corrected chi connectivity index (χ3v) is 2.77. The van der Waals surface area contributed by atoms with Crippen LogP contribution in [0.3, 0.4) is 0 Å². The summed E-state index contributed by atoms with van der Waals surface area (Å²) in [6.45, 7) is 1.93. The molecule has 0 saturated carbocycles. The van der Waals surface area contributed by atoms with Gasteiger partial charge in [0.15, 0.2) is 11.5 Å². The number of carbonyl (C=O) groups excluding carboxylic acids is 1. The molecular weight excluding hydrogens is 228 g/mol. The number of halogens is 1. The van der Waals surface area contributed by atoms with Gasteiger partial charge in [0.05, 0.1) is 19.2 Å². The first-order valence-electron chi connectivity index (χ1n) is 4.99. The van der Waals surface area contributed by atoms with Gasteiger partial charge in [-0.25, -0.2) is 0 Å². The van der Waals surface area contributed by atoms with Crippen molar-refractivity contribution in [1.29, 1.82) is 0 Å². The molecule has 4 heteroatoms. The Labute approximate surface area is 100 Å². The molecular formula is C12H15ClO3. The average Bonchev–Trinajstić information content (AvgIpc) is 2.29. The molecule has 0 aliphatic heterocycles. The molecule has 1 aromatic rings. The van der Waals surface area contributed by atoms with Crippen molar-refractivity contribution in [3.05, 3.63) is 22.2 Å². The SMILES string of the molecule is COc1c(Cl)cc(CCC=O)c(C)c1OC. The molecule has 16 heavy (non-hydrogen) atoms. The van der Waals surface area contributed by atoms with Crippen LogP contribution in [0, 0.1) is 6.92 Å². The molecule has 0 unspecified atom stereocenters. The maximum Gasteiger partial charge on any atom is 0.179 e. The van der Waals surface area contributed by atoms with E-state index in [-0.39, 0.29) is 0 Å². The molecule has 0 bridgehead atoms. The lowest BCUT2D eigenvalue weighted by molar-refractivity contribution is -0.107. The zero-order valence-electron chi connectivity index (χ0n) is 9.67. The van der Waals surface area contributed by atoms with Crippen molar-refractivity contribution in [2.75, 3.05) is 14.2 Å². The lowest BCUT2D eigenvalue weighted by Gasteiger charge is -2.15. The number of rotatable bonds is 5. The Hall–Kier alpha value is -1.22. The van der Waals surface area contributed by atoms with Crippen molar-refractivity contribution in [3.8, 4) is 11.5 Å². The van der Waals surface area contributed by atoms with Gasteiger partial charge in [-0.1, -0.05) is 11.6 Å². The number of aldehydes is 1. The molecule has 0 saturated heterocycles. The van der Waals surface area contributed by atoms with E-state index in [2.05, 4.69) is 0 Å². The van der Waals surface area contributed by atoms with E-state index < -0.39 is 0 Å². The summed E-state index contributed by atoms with van der Waals surface area (Å²) in [6, 6.07) is 1.82. The number of benzene rings is 1. The normalized spacial score (nSPS) is 10.0. The van der Waals surface area contributed by atoms with Crippen LogP contribution in [0.2, 0.25) is 5.02 Å². The van der Waals surface area contributed by atoms with Crippen LogP contribution in [0.5, 0.6) is 11.5 Å². The standard InChI is InChI=1S/C12H15ClO3/c1-8-9(5-4-6-14)7-10(13)12(16-3)11(8)15-2/h6-7H,4-5H2,1-3H3. The van der Waals surface area contributed by atoms with Gasteiger partial charge >= 0.3 is 0 Å². The van der Waals surface area contributed by atoms with Gasteiger partial charge in [0, 0.05) is 6.42 Å². The quantitative estimate of drug-likeness (QED) is 0.745. The van der Waals surface area contributed by atoms with Crippen LogP contribution in [0.1, 0.15) is 17.5 Å². The highest BCUT2D eigenvalue weighted by atomic mass is 35.5. The van der Waals surface area contributed by atoms with E-state index in [1.165, 1.54) is 0 Å². The topological polar surface area (TPSA) is 35.5 Å². The average molecular weight is 243 g/mol. The number of methoxy groups -OCH3 is 2. The second-order valence-corrected chi connectivity index (χ2v) is 3.82. The highest BCUT2D eigenvalue weighted by molar-refractivity contribution is 6.32. The van der Waals surface area contributed by atoms with Gasteiger partial charge in [0.2, 0.25) is 0 Å². The summed E-state index contributed by atoms with van der Waals surface area (Å²) in [6.07, 6.45) is 2.03. The van der Waals surface area contributed by atoms with Crippen molar-refractivity contribution in [2.45, 2.75) is 19.8 Å². The number of hydrogen-bond donors (Lipinski definition) is 0. The van der Waals surface area contributed by atoms with Crippen molar-refractivity contribution >= 4 is 17.9 Å². The third-order valence-electron chi connectivity index (χ3n) is 2.49. The molecule has 0 fully saturated rings. The summed E-state index contributed by atoms with van der Waals surface area (Å²) in [5.41, 5.74) is 1.97. The van der Waals surface area contributed by atoms with E-state index in [0.29, 0.717) is 29.4 Å². The van der Waals surface area contributed by atoms with Crippen LogP contribution < -0.4 is 9.47 Å². The molecule has 0 radical (unpaired) electrons. The summed E-state index contributed by atoms with van der Waals surface area (Å²) >= 11 is 6.07. The molecule has 0 N–H and O–H groups in total. The van der Waals surface area contributed by atoms with Crippen molar-refractivity contribution in [3.63, 3.8) is 0 Å². The second kappa shape index (κ2) is 5.75. The molecule has 0 amide bonds. The minimum absolute atomic E-state index is 0.479. The summed E-state index contributed by atoms with van der Waals surface area (Å²) < 4.78 is 10.5. The predicted molar refractivity (Wildman–Crippen MR) is 63.7 cm³/mol. The molecule has 1 aromatic carbocycles. The predicted octanol–water partition coefficient (Wildman–Crippen LogP) is 2.80. The summed E-state index contributed by atoms with van der Waals surface area (Å²) in [7, 11) is 3.12. The van der Waals surface area contributed by atoms with Gasteiger partial charge < -0.3 is 14.3 Å². The third kappa shape index (κ3) is 2.47. The fourth-order valence-corrected chi connectivity index (χ4v) is 1.96. The van der Waals surface area contributed by atoms with Crippen LogP contribution >= 0.6 is 11.6 Å². The molecule has 0 atom stereocenters. The highest BCUT2D eigenvalue weighted by Gasteiger charge is 2.15. The van der Waals surface area contributed by atoms with Crippen LogP contribution in [-0.2, 0) is 11.2 Å². The number of aryl methyl sites for hydroxylation is 1. The maximum atomic E-state index is 10.4. The molecule has 0 aliphatic rings. The molecule has 88 valence electrons. The van der Waals surface area contributed by atoms with Gasteiger partial charge in [-0.2, -0.15) is 0 Å². The number of ether oxygens (including phenoxy) is 2. The zero-order valence-corrected chi connectivity index (χ0v) is 10.4. The van der Waals surface area contributed by atoms with Gasteiger partial charge in [0.25, 0.3) is 0 Å². The fraction of sp³-hybridized carbons (Fsp3) is 0.417. The first kappa shape index (κ1) is 12.8. The van der Waals surface area contributed by atoms with E-state index in [1.807, 2.05) is 13.0 Å². The Balaban J connectivity index is 3.22. The largest absolute Gasteiger partial charge is 0.493 e. The van der Waals surface area contributed by atoms with E-state index >= 15 is 0 Å². The Morgan fingerprint density at radius 2 is 1.94 bits per heavy atom. The molecule has 0 heterocycles. The molecule has 0 aliphatic carbocycles. The van der Waals surface area contributed by atoms with Gasteiger partial charge in [-0.3, -0.25) is 0 Å². The zero-order chi connectivity index (χ0) is 12.1. The molecule has 3 nitrogen and oxygen atoms in total. The summed E-state index contributed by atoms with van der Waals surface area (Å²) in [4.78, 5) is 10.4. The van der Waals surface area contributed by atoms with E-state index in [1.54, 1.807) is 14.2 Å². The lowest BCUT2D eigenvalue weighted by atomic mass is 10.0. The maximum absolute atomic E-state index is 10.4. The van der Waals surface area contributed by atoms with Gasteiger partial charge in [-0.05, 0) is 30.5 Å². The van der Waals surface area contributed by atoms with Crippen molar-refractivity contribution in [2.24, 2.45) is 0 Å². The Bertz CT molecular complexity index is 388. The summed E-state index contributed by atoms with van der Waals surface area (Å²) in [5.74, 6) is 1.17. The van der Waals surface area contributed by atoms with Gasteiger partial charge in [0.1, 0.15) is 6.29 Å². The lowest BCUT2D eigenvalue weighted by Crippen LogP contribution is -1.99. The monoisotopic (exact) mass is 242 g/mol. The van der Waals surface area contributed by atoms with Crippen LogP contribution in [0.15, 0.2) is 6.07 Å². The molecule has 1 rings (SSSR count). The smallest absolute Gasteiger partial charge is 0.179 e. The minimum Gasteiger partial charge on any atom is -0.493 e. The van der Waals surface area contributed by atoms with Crippen LogP contribution in [-0.4, -0.2) is 20.5 Å². The Morgan fingerprint density at radius 1 is 1.31 bits per heavy atom. The summed E-state index contributed by atoms with van der Waals surface area (Å²) in [5, 5.41) is 0.505. The number of hydrogen-bond acceptors (Lipinski definition) is 3. The molecule has 0 spiro atoms. The van der Waals surface area contributed by atoms with Gasteiger partial charge in [-0.15, -0.1) is 0 Å². The van der Waals surface area contributed by atoms with E-state index in [0.717, 1.165) is 17.4 Å². The van der Waals surface area contributed by atoms with E-state index in [4.69, 9.17) is 21.1 Å². The molecule has 0 aromatic heterocycles. The fourth-order valence-electron chi connectivity index (χ4n) is 1.66. The van der Waals surface area contributed by atoms with Crippen LogP contribution in [0.4, 0.5) is 0 Å². The second-order valence-electron chi connectivity index (χ2n) is 3.41. The first-order chi connectivity index (χ1) is 7.65. The number of carbonyl (C=O) groups is 1. The highest BCUT2D eigenvalue weighted by Crippen LogP contribution is 2.39. The van der Waals surface area contributed by atoms with E-state index in [9.17, 15) is 4.79 Å².